The van der Waals surface area contributed by atoms with Gasteiger partial charge in [-0.25, -0.2) is 9.97 Å². The minimum absolute atomic E-state index is 0.493. The number of ether oxygens (including phenoxy) is 1. The van der Waals surface area contributed by atoms with Crippen LogP contribution < -0.4 is 4.90 Å². The van der Waals surface area contributed by atoms with E-state index in [0.29, 0.717) is 11.1 Å². The maximum Gasteiger partial charge on any atom is 0.171 e. The molecule has 1 aliphatic heterocycles. The largest absolute Gasteiger partial charge is 0.384 e. The molecule has 1 aliphatic rings. The number of hydrogen-bond acceptors (Lipinski definition) is 4. The molecule has 0 N–H and O–H groups in total. The van der Waals surface area contributed by atoms with Crippen molar-refractivity contribution in [1.29, 1.82) is 0 Å². The Labute approximate surface area is 101 Å². The molecule has 1 fully saturated rings. The Hall–Kier alpha value is -0.870. The average Bonchev–Trinajstić information content (AvgIpc) is 2.31. The molecule has 1 aromatic rings. The fraction of sp³-hybridized carbons (Fsp3) is 0.636. The quantitative estimate of drug-likeness (QED) is 0.811. The van der Waals surface area contributed by atoms with Crippen molar-refractivity contribution in [2.45, 2.75) is 12.8 Å². The van der Waals surface area contributed by atoms with Gasteiger partial charge in [0.25, 0.3) is 0 Å². The van der Waals surface area contributed by atoms with Crippen molar-refractivity contribution in [3.63, 3.8) is 0 Å². The van der Waals surface area contributed by atoms with E-state index in [9.17, 15) is 0 Å². The topological polar surface area (TPSA) is 38.2 Å². The van der Waals surface area contributed by atoms with Gasteiger partial charge >= 0.3 is 0 Å². The third-order valence-electron chi connectivity index (χ3n) is 2.95. The summed E-state index contributed by atoms with van der Waals surface area (Å²) in [5.74, 6) is 1.47. The first-order valence-electron chi connectivity index (χ1n) is 5.51. The maximum atomic E-state index is 6.02. The Morgan fingerprint density at radius 2 is 2.06 bits per heavy atom. The van der Waals surface area contributed by atoms with Crippen LogP contribution in [0.5, 0.6) is 0 Å². The molecule has 2 heterocycles. The minimum Gasteiger partial charge on any atom is -0.384 e. The normalized spacial score (nSPS) is 17.8. The second-order valence-corrected chi connectivity index (χ2v) is 4.41. The molecule has 5 heteroatoms. The molecule has 0 aliphatic carbocycles. The number of methoxy groups -OCH3 is 1. The summed E-state index contributed by atoms with van der Waals surface area (Å²) in [7, 11) is 1.76. The smallest absolute Gasteiger partial charge is 0.171 e. The standard InChI is InChI=1S/C11H16ClN3O/c1-16-8-9-2-6-15(7-3-9)11-10(12)13-4-5-14-11/h4-5,9H,2-3,6-8H2,1H3. The van der Waals surface area contributed by atoms with Gasteiger partial charge in [0.2, 0.25) is 0 Å². The van der Waals surface area contributed by atoms with E-state index in [2.05, 4.69) is 14.9 Å². The summed E-state index contributed by atoms with van der Waals surface area (Å²) in [6.45, 7) is 2.81. The van der Waals surface area contributed by atoms with Gasteiger partial charge < -0.3 is 9.64 Å². The molecule has 0 amide bonds. The fourth-order valence-corrected chi connectivity index (χ4v) is 2.30. The van der Waals surface area contributed by atoms with E-state index in [1.54, 1.807) is 19.5 Å². The van der Waals surface area contributed by atoms with Crippen LogP contribution in [0, 0.1) is 5.92 Å². The van der Waals surface area contributed by atoms with Gasteiger partial charge in [-0.3, -0.25) is 0 Å². The van der Waals surface area contributed by atoms with Crippen LogP contribution in [0.2, 0.25) is 5.15 Å². The minimum atomic E-state index is 0.493. The van der Waals surface area contributed by atoms with Gasteiger partial charge in [0.05, 0.1) is 0 Å². The molecular weight excluding hydrogens is 226 g/mol. The van der Waals surface area contributed by atoms with Gasteiger partial charge in [0.1, 0.15) is 0 Å². The summed E-state index contributed by atoms with van der Waals surface area (Å²) in [5, 5.41) is 0.493. The summed E-state index contributed by atoms with van der Waals surface area (Å²) in [6.07, 6.45) is 5.55. The second-order valence-electron chi connectivity index (χ2n) is 4.06. The SMILES string of the molecule is COCC1CCN(c2nccnc2Cl)CC1. The molecule has 4 nitrogen and oxygen atoms in total. The molecule has 0 unspecified atom stereocenters. The van der Waals surface area contributed by atoms with E-state index in [1.807, 2.05) is 0 Å². The number of rotatable bonds is 3. The Morgan fingerprint density at radius 1 is 1.38 bits per heavy atom. The lowest BCUT2D eigenvalue weighted by molar-refractivity contribution is 0.139. The van der Waals surface area contributed by atoms with Crippen LogP contribution in [0.3, 0.4) is 0 Å². The number of hydrogen-bond donors (Lipinski definition) is 0. The van der Waals surface area contributed by atoms with E-state index >= 15 is 0 Å². The first kappa shape index (κ1) is 11.6. The second kappa shape index (κ2) is 5.46. The highest BCUT2D eigenvalue weighted by Crippen LogP contribution is 2.25. The van der Waals surface area contributed by atoms with Crippen LogP contribution in [0.25, 0.3) is 0 Å². The Kier molecular flexibility index (Phi) is 3.96. The summed E-state index contributed by atoms with van der Waals surface area (Å²) < 4.78 is 5.17. The molecule has 0 radical (unpaired) electrons. The van der Waals surface area contributed by atoms with Crippen molar-refractivity contribution in [2.24, 2.45) is 5.92 Å². The zero-order valence-corrected chi connectivity index (χ0v) is 10.2. The zero-order chi connectivity index (χ0) is 11.4. The number of piperidine rings is 1. The molecule has 0 bridgehead atoms. The van der Waals surface area contributed by atoms with Gasteiger partial charge in [-0.05, 0) is 18.8 Å². The number of anilines is 1. The van der Waals surface area contributed by atoms with Crippen LogP contribution in [-0.2, 0) is 4.74 Å². The molecule has 88 valence electrons. The van der Waals surface area contributed by atoms with E-state index in [0.717, 1.165) is 38.4 Å². The molecule has 0 atom stereocenters. The van der Waals surface area contributed by atoms with Crippen LogP contribution in [-0.4, -0.2) is 36.8 Å². The molecule has 1 saturated heterocycles. The van der Waals surface area contributed by atoms with Crippen molar-refractivity contribution in [3.8, 4) is 0 Å². The molecule has 1 aromatic heterocycles. The van der Waals surface area contributed by atoms with Gasteiger partial charge in [0.15, 0.2) is 11.0 Å². The fourth-order valence-electron chi connectivity index (χ4n) is 2.07. The highest BCUT2D eigenvalue weighted by atomic mass is 35.5. The van der Waals surface area contributed by atoms with Crippen molar-refractivity contribution in [2.75, 3.05) is 31.7 Å². The van der Waals surface area contributed by atoms with Crippen LogP contribution in [0.1, 0.15) is 12.8 Å². The Balaban J connectivity index is 1.96. The third-order valence-corrected chi connectivity index (χ3v) is 3.22. The lowest BCUT2D eigenvalue weighted by Crippen LogP contribution is -2.35. The first-order chi connectivity index (χ1) is 7.81. The van der Waals surface area contributed by atoms with Gasteiger partial charge in [0, 0.05) is 39.2 Å². The van der Waals surface area contributed by atoms with E-state index in [4.69, 9.17) is 16.3 Å². The van der Waals surface area contributed by atoms with Crippen molar-refractivity contribution in [3.05, 3.63) is 17.5 Å². The summed E-state index contributed by atoms with van der Waals surface area (Å²) in [4.78, 5) is 10.5. The summed E-state index contributed by atoms with van der Waals surface area (Å²) in [6, 6.07) is 0. The third kappa shape index (κ3) is 2.62. The lowest BCUT2D eigenvalue weighted by Gasteiger charge is -2.32. The molecule has 2 rings (SSSR count). The van der Waals surface area contributed by atoms with Crippen LogP contribution in [0.15, 0.2) is 12.4 Å². The Bertz CT molecular complexity index is 340. The van der Waals surface area contributed by atoms with E-state index in [-0.39, 0.29) is 0 Å². The predicted molar refractivity (Wildman–Crippen MR) is 63.9 cm³/mol. The monoisotopic (exact) mass is 241 g/mol. The lowest BCUT2D eigenvalue weighted by atomic mass is 9.98. The van der Waals surface area contributed by atoms with Gasteiger partial charge in [-0.15, -0.1) is 0 Å². The molecule has 16 heavy (non-hydrogen) atoms. The van der Waals surface area contributed by atoms with Gasteiger partial charge in [-0.1, -0.05) is 11.6 Å². The van der Waals surface area contributed by atoms with Crippen LogP contribution >= 0.6 is 11.6 Å². The molecule has 0 aromatic carbocycles. The average molecular weight is 242 g/mol. The molecule has 0 spiro atoms. The summed E-state index contributed by atoms with van der Waals surface area (Å²) in [5.41, 5.74) is 0. The number of aromatic nitrogens is 2. The predicted octanol–water partition coefficient (Wildman–Crippen LogP) is 1.99. The maximum absolute atomic E-state index is 6.02. The highest BCUT2D eigenvalue weighted by molar-refractivity contribution is 6.31. The van der Waals surface area contributed by atoms with Crippen molar-refractivity contribution >= 4 is 17.4 Å². The highest BCUT2D eigenvalue weighted by Gasteiger charge is 2.21. The number of halogens is 1. The van der Waals surface area contributed by atoms with Crippen molar-refractivity contribution in [1.82, 2.24) is 9.97 Å². The number of nitrogens with zero attached hydrogens (tertiary/aromatic N) is 3. The van der Waals surface area contributed by atoms with Crippen LogP contribution in [0.4, 0.5) is 5.82 Å². The van der Waals surface area contributed by atoms with E-state index in [1.165, 1.54) is 0 Å². The zero-order valence-electron chi connectivity index (χ0n) is 9.40. The molecular formula is C11H16ClN3O. The first-order valence-corrected chi connectivity index (χ1v) is 5.89. The van der Waals surface area contributed by atoms with Crippen molar-refractivity contribution < 1.29 is 4.74 Å². The molecule has 0 saturated carbocycles. The summed E-state index contributed by atoms with van der Waals surface area (Å²) >= 11 is 6.02. The van der Waals surface area contributed by atoms with Gasteiger partial charge in [-0.2, -0.15) is 0 Å². The Morgan fingerprint density at radius 3 is 2.69 bits per heavy atom. The van der Waals surface area contributed by atoms with E-state index < -0.39 is 0 Å².